The van der Waals surface area contributed by atoms with Gasteiger partial charge in [-0.25, -0.2) is 10.5 Å². The monoisotopic (exact) mass is 192 g/mol. The average molecular weight is 192 g/mol. The van der Waals surface area contributed by atoms with Gasteiger partial charge in [0, 0.05) is 18.8 Å². The first-order valence-electron chi connectivity index (χ1n) is 4.79. The van der Waals surface area contributed by atoms with Gasteiger partial charge in [-0.05, 0) is 24.3 Å². The Kier molecular flexibility index (Phi) is 4.07. The van der Waals surface area contributed by atoms with E-state index in [4.69, 9.17) is 5.53 Å². The number of anilines is 1. The molecule has 0 aliphatic rings. The number of nitrogens with zero attached hydrogens (tertiary/aromatic N) is 2. The second-order valence-electron chi connectivity index (χ2n) is 2.94. The number of hydrogen-bond acceptors (Lipinski definition) is 4. The molecule has 2 N–H and O–H groups in total. The lowest BCUT2D eigenvalue weighted by molar-refractivity contribution is 0.367. The van der Waals surface area contributed by atoms with Crippen molar-refractivity contribution in [1.82, 2.24) is 5.01 Å². The number of hydrogen-bond donors (Lipinski definition) is 2. The Balaban J connectivity index is 2.63. The fourth-order valence-electron chi connectivity index (χ4n) is 1.17. The molecule has 0 aromatic heterocycles. The van der Waals surface area contributed by atoms with E-state index in [-0.39, 0.29) is 0 Å². The molecule has 1 aromatic rings. The number of rotatable bonds is 5. The molecule has 4 nitrogen and oxygen atoms in total. The van der Waals surface area contributed by atoms with E-state index in [1.165, 1.54) is 0 Å². The summed E-state index contributed by atoms with van der Waals surface area (Å²) in [6.45, 7) is 6.12. The summed E-state index contributed by atoms with van der Waals surface area (Å²) in [6, 6.07) is 7.48. The Hall–Kier alpha value is -1.42. The van der Waals surface area contributed by atoms with Crippen molar-refractivity contribution >= 4 is 11.4 Å². The molecule has 0 amide bonds. The van der Waals surface area contributed by atoms with Crippen LogP contribution in [0.3, 0.4) is 0 Å². The van der Waals surface area contributed by atoms with Crippen LogP contribution in [-0.2, 0) is 0 Å². The van der Waals surface area contributed by atoms with Crippen LogP contribution in [0.2, 0.25) is 0 Å². The van der Waals surface area contributed by atoms with Gasteiger partial charge >= 0.3 is 0 Å². The van der Waals surface area contributed by atoms with Crippen molar-refractivity contribution in [1.29, 1.82) is 5.53 Å². The molecule has 0 fully saturated rings. The minimum atomic E-state index is 0.676. The van der Waals surface area contributed by atoms with Crippen molar-refractivity contribution in [3.8, 4) is 0 Å². The van der Waals surface area contributed by atoms with Gasteiger partial charge in [0.2, 0.25) is 0 Å². The van der Waals surface area contributed by atoms with Crippen LogP contribution in [0.4, 0.5) is 11.4 Å². The van der Waals surface area contributed by atoms with Gasteiger partial charge in [0.25, 0.3) is 0 Å². The Morgan fingerprint density at radius 3 is 2.21 bits per heavy atom. The first kappa shape index (κ1) is 10.7. The third-order valence-corrected chi connectivity index (χ3v) is 2.05. The van der Waals surface area contributed by atoms with Gasteiger partial charge in [-0.3, -0.25) is 0 Å². The summed E-state index contributed by atoms with van der Waals surface area (Å²) in [5, 5.41) is 5.44. The Morgan fingerprint density at radius 2 is 1.79 bits per heavy atom. The fourth-order valence-corrected chi connectivity index (χ4v) is 1.17. The molecule has 14 heavy (non-hydrogen) atoms. The highest BCUT2D eigenvalue weighted by Gasteiger charge is 1.98. The third-order valence-electron chi connectivity index (χ3n) is 2.05. The van der Waals surface area contributed by atoms with Gasteiger partial charge in [-0.15, -0.1) is 0 Å². The van der Waals surface area contributed by atoms with Crippen LogP contribution < -0.4 is 5.43 Å². The van der Waals surface area contributed by atoms with Gasteiger partial charge in [-0.1, -0.05) is 13.8 Å². The van der Waals surface area contributed by atoms with Gasteiger partial charge in [0.15, 0.2) is 0 Å². The molecular weight excluding hydrogens is 176 g/mol. The quantitative estimate of drug-likeness (QED) is 0.556. The molecule has 1 rings (SSSR count). The van der Waals surface area contributed by atoms with Crippen LogP contribution in [0.15, 0.2) is 29.4 Å². The molecule has 0 saturated heterocycles. The van der Waals surface area contributed by atoms with Crippen LogP contribution in [0.25, 0.3) is 0 Å². The molecule has 0 atom stereocenters. The Labute approximate surface area is 84.4 Å². The fraction of sp³-hybridized carbons (Fsp3) is 0.400. The minimum absolute atomic E-state index is 0.676. The molecule has 0 aliphatic carbocycles. The number of hydrazine groups is 1. The molecule has 0 unspecified atom stereocenters. The maximum Gasteiger partial charge on any atom is 0.0851 e. The van der Waals surface area contributed by atoms with Crippen molar-refractivity contribution in [2.45, 2.75) is 13.8 Å². The summed E-state index contributed by atoms with van der Waals surface area (Å²) in [4.78, 5) is 0. The van der Waals surface area contributed by atoms with Gasteiger partial charge in [0.1, 0.15) is 0 Å². The van der Waals surface area contributed by atoms with Gasteiger partial charge in [-0.2, -0.15) is 5.11 Å². The minimum Gasteiger partial charge on any atom is -0.319 e. The largest absolute Gasteiger partial charge is 0.319 e. The molecule has 4 heteroatoms. The topological polar surface area (TPSA) is 51.5 Å². The van der Waals surface area contributed by atoms with E-state index in [0.717, 1.165) is 18.8 Å². The van der Waals surface area contributed by atoms with E-state index in [2.05, 4.69) is 29.4 Å². The van der Waals surface area contributed by atoms with E-state index in [0.29, 0.717) is 5.69 Å². The Morgan fingerprint density at radius 1 is 1.21 bits per heavy atom. The summed E-state index contributed by atoms with van der Waals surface area (Å²) in [5.74, 6) is 0. The lowest BCUT2D eigenvalue weighted by atomic mass is 10.3. The van der Waals surface area contributed by atoms with Crippen molar-refractivity contribution in [2.75, 3.05) is 18.5 Å². The van der Waals surface area contributed by atoms with Crippen molar-refractivity contribution < 1.29 is 0 Å². The molecule has 0 saturated carbocycles. The summed E-state index contributed by atoms with van der Waals surface area (Å²) >= 11 is 0. The predicted octanol–water partition coefficient (Wildman–Crippen LogP) is 3.02. The molecule has 0 bridgehead atoms. The number of nitrogens with one attached hydrogen (secondary N) is 2. The first-order chi connectivity index (χ1) is 6.80. The standard InChI is InChI=1S/C10H16N4/c1-3-14(4-2)13-10-7-5-9(12-11)6-8-10/h5-8,11,13H,3-4H2,1-2H3. The highest BCUT2D eigenvalue weighted by atomic mass is 15.5. The SMILES string of the molecule is CCN(CC)Nc1ccc(N=N)cc1. The Bertz CT molecular complexity index is 277. The molecule has 1 aromatic carbocycles. The smallest absolute Gasteiger partial charge is 0.0851 e. The van der Waals surface area contributed by atoms with Crippen LogP contribution in [0, 0.1) is 5.53 Å². The van der Waals surface area contributed by atoms with Crippen LogP contribution in [-0.4, -0.2) is 18.1 Å². The molecular formula is C10H16N4. The van der Waals surface area contributed by atoms with Crippen LogP contribution >= 0.6 is 0 Å². The highest BCUT2D eigenvalue weighted by Crippen LogP contribution is 2.15. The molecule has 0 heterocycles. The van der Waals surface area contributed by atoms with E-state index in [9.17, 15) is 0 Å². The summed E-state index contributed by atoms with van der Waals surface area (Å²) < 4.78 is 0. The van der Waals surface area contributed by atoms with Crippen LogP contribution in [0.1, 0.15) is 13.8 Å². The zero-order valence-electron chi connectivity index (χ0n) is 8.62. The molecule has 0 aliphatic heterocycles. The van der Waals surface area contributed by atoms with Crippen molar-refractivity contribution in [2.24, 2.45) is 5.11 Å². The second-order valence-corrected chi connectivity index (χ2v) is 2.94. The first-order valence-corrected chi connectivity index (χ1v) is 4.79. The maximum absolute atomic E-state index is 6.82. The normalized spacial score (nSPS) is 10.2. The van der Waals surface area contributed by atoms with Crippen molar-refractivity contribution in [3.63, 3.8) is 0 Å². The van der Waals surface area contributed by atoms with Crippen molar-refractivity contribution in [3.05, 3.63) is 24.3 Å². The predicted molar refractivity (Wildman–Crippen MR) is 57.8 cm³/mol. The average Bonchev–Trinajstić information content (AvgIpc) is 2.26. The summed E-state index contributed by atoms with van der Waals surface area (Å²) in [6.07, 6.45) is 0. The molecule has 76 valence electrons. The maximum atomic E-state index is 6.82. The van der Waals surface area contributed by atoms with Crippen LogP contribution in [0.5, 0.6) is 0 Å². The molecule has 0 spiro atoms. The zero-order chi connectivity index (χ0) is 10.4. The van der Waals surface area contributed by atoms with E-state index in [1.807, 2.05) is 24.3 Å². The highest BCUT2D eigenvalue weighted by molar-refractivity contribution is 5.49. The molecule has 0 radical (unpaired) electrons. The summed E-state index contributed by atoms with van der Waals surface area (Å²) in [7, 11) is 0. The zero-order valence-corrected chi connectivity index (χ0v) is 8.62. The van der Waals surface area contributed by atoms with E-state index < -0.39 is 0 Å². The van der Waals surface area contributed by atoms with Gasteiger partial charge < -0.3 is 5.43 Å². The second kappa shape index (κ2) is 5.34. The van der Waals surface area contributed by atoms with Gasteiger partial charge in [0.05, 0.1) is 5.69 Å². The lowest BCUT2D eigenvalue weighted by Gasteiger charge is -2.20. The number of benzene rings is 1. The third kappa shape index (κ3) is 2.81. The van der Waals surface area contributed by atoms with E-state index in [1.54, 1.807) is 0 Å². The lowest BCUT2D eigenvalue weighted by Crippen LogP contribution is -2.29. The van der Waals surface area contributed by atoms with E-state index >= 15 is 0 Å². The summed E-state index contributed by atoms with van der Waals surface area (Å²) in [5.41, 5.74) is 11.8.